The van der Waals surface area contributed by atoms with Crippen LogP contribution in [0.3, 0.4) is 0 Å². The molecule has 0 bridgehead atoms. The minimum Gasteiger partial charge on any atom is -0.462 e. The van der Waals surface area contributed by atoms with Gasteiger partial charge in [0.15, 0.2) is 6.61 Å². The van der Waals surface area contributed by atoms with Gasteiger partial charge in [0.1, 0.15) is 0 Å². The molecule has 176 valence electrons. The summed E-state index contributed by atoms with van der Waals surface area (Å²) in [7, 11) is 0. The van der Waals surface area contributed by atoms with E-state index in [4.69, 9.17) is 21.1 Å². The SMILES string of the molecule is CCCCOC(=O)c1ccc(NC(=O)COC(=O)CC(NC(C)=O)c2ccc(Cl)cc2)cc1. The quantitative estimate of drug-likeness (QED) is 0.375. The lowest BCUT2D eigenvalue weighted by Crippen LogP contribution is -2.29. The van der Waals surface area contributed by atoms with E-state index in [0.717, 1.165) is 12.8 Å². The topological polar surface area (TPSA) is 111 Å². The number of halogens is 1. The van der Waals surface area contributed by atoms with Crippen molar-refractivity contribution < 1.29 is 28.7 Å². The molecule has 0 fully saturated rings. The van der Waals surface area contributed by atoms with Crippen LogP contribution in [0.5, 0.6) is 0 Å². The van der Waals surface area contributed by atoms with Crippen LogP contribution in [0, 0.1) is 0 Å². The van der Waals surface area contributed by atoms with E-state index in [2.05, 4.69) is 10.6 Å². The molecule has 2 rings (SSSR count). The van der Waals surface area contributed by atoms with Crippen LogP contribution in [0.1, 0.15) is 55.1 Å². The molecule has 9 heteroatoms. The Balaban J connectivity index is 1.84. The molecule has 0 aliphatic carbocycles. The summed E-state index contributed by atoms with van der Waals surface area (Å²) in [5.74, 6) is -1.92. The second-order valence-electron chi connectivity index (χ2n) is 7.28. The molecule has 2 N–H and O–H groups in total. The van der Waals surface area contributed by atoms with E-state index in [0.29, 0.717) is 28.4 Å². The Morgan fingerprint density at radius 2 is 1.64 bits per heavy atom. The maximum absolute atomic E-state index is 12.2. The van der Waals surface area contributed by atoms with Crippen LogP contribution in [-0.2, 0) is 23.9 Å². The van der Waals surface area contributed by atoms with Crippen molar-refractivity contribution in [2.75, 3.05) is 18.5 Å². The van der Waals surface area contributed by atoms with Gasteiger partial charge in [0.25, 0.3) is 5.91 Å². The number of rotatable bonds is 11. The summed E-state index contributed by atoms with van der Waals surface area (Å²) in [6.07, 6.45) is 1.57. The van der Waals surface area contributed by atoms with E-state index >= 15 is 0 Å². The highest BCUT2D eigenvalue weighted by atomic mass is 35.5. The fourth-order valence-corrected chi connectivity index (χ4v) is 2.97. The van der Waals surface area contributed by atoms with Crippen LogP contribution in [0.15, 0.2) is 48.5 Å². The molecule has 0 aromatic heterocycles. The summed E-state index contributed by atoms with van der Waals surface area (Å²) in [6.45, 7) is 3.22. The first-order chi connectivity index (χ1) is 15.8. The van der Waals surface area contributed by atoms with Gasteiger partial charge in [-0.25, -0.2) is 4.79 Å². The van der Waals surface area contributed by atoms with Crippen LogP contribution in [-0.4, -0.2) is 37.0 Å². The summed E-state index contributed by atoms with van der Waals surface area (Å²) in [6, 6.07) is 12.3. The minimum absolute atomic E-state index is 0.149. The van der Waals surface area contributed by atoms with Crippen LogP contribution >= 0.6 is 11.6 Å². The number of esters is 2. The number of hydrogen-bond donors (Lipinski definition) is 2. The molecule has 2 aromatic rings. The molecule has 2 amide bonds. The van der Waals surface area contributed by atoms with Crippen molar-refractivity contribution >= 4 is 41.0 Å². The molecule has 0 radical (unpaired) electrons. The maximum atomic E-state index is 12.2. The van der Waals surface area contributed by atoms with Crippen molar-refractivity contribution in [3.8, 4) is 0 Å². The number of anilines is 1. The second kappa shape index (κ2) is 13.2. The molecule has 1 atom stereocenters. The van der Waals surface area contributed by atoms with Crippen LogP contribution in [0.25, 0.3) is 0 Å². The number of benzene rings is 2. The monoisotopic (exact) mass is 474 g/mol. The lowest BCUT2D eigenvalue weighted by atomic mass is 10.0. The normalized spacial score (nSPS) is 11.2. The number of unbranched alkanes of at least 4 members (excludes halogenated alkanes) is 1. The fourth-order valence-electron chi connectivity index (χ4n) is 2.84. The maximum Gasteiger partial charge on any atom is 0.338 e. The highest BCUT2D eigenvalue weighted by molar-refractivity contribution is 6.30. The highest BCUT2D eigenvalue weighted by Crippen LogP contribution is 2.20. The molecule has 0 spiro atoms. The standard InChI is InChI=1S/C24H27ClN2O6/c1-3-4-13-32-24(31)18-7-11-20(12-8-18)27-22(29)15-33-23(30)14-21(26-16(2)28)17-5-9-19(25)10-6-17/h5-12,21H,3-4,13-15H2,1-2H3,(H,26,28)(H,27,29). The van der Waals surface area contributed by atoms with Crippen LogP contribution < -0.4 is 10.6 Å². The van der Waals surface area contributed by atoms with Crippen molar-refractivity contribution in [3.63, 3.8) is 0 Å². The fraction of sp³-hybridized carbons (Fsp3) is 0.333. The van der Waals surface area contributed by atoms with Gasteiger partial charge in [-0.2, -0.15) is 0 Å². The lowest BCUT2D eigenvalue weighted by Gasteiger charge is -2.17. The zero-order valence-electron chi connectivity index (χ0n) is 18.6. The predicted molar refractivity (Wildman–Crippen MR) is 124 cm³/mol. The molecule has 0 heterocycles. The van der Waals surface area contributed by atoms with Gasteiger partial charge < -0.3 is 20.1 Å². The number of carbonyl (C=O) groups excluding carboxylic acids is 4. The molecule has 0 aliphatic heterocycles. The Morgan fingerprint density at radius 1 is 0.970 bits per heavy atom. The molecule has 2 aromatic carbocycles. The van der Waals surface area contributed by atoms with Gasteiger partial charge in [0, 0.05) is 17.6 Å². The first-order valence-corrected chi connectivity index (χ1v) is 10.9. The predicted octanol–water partition coefficient (Wildman–Crippen LogP) is 4.05. The van der Waals surface area contributed by atoms with Crippen molar-refractivity contribution in [1.29, 1.82) is 0 Å². The number of nitrogens with one attached hydrogen (secondary N) is 2. The van der Waals surface area contributed by atoms with E-state index < -0.39 is 30.5 Å². The van der Waals surface area contributed by atoms with E-state index in [1.54, 1.807) is 48.5 Å². The van der Waals surface area contributed by atoms with E-state index in [9.17, 15) is 19.2 Å². The summed E-state index contributed by atoms with van der Waals surface area (Å²) in [4.78, 5) is 47.7. The zero-order valence-corrected chi connectivity index (χ0v) is 19.3. The summed E-state index contributed by atoms with van der Waals surface area (Å²) in [5.41, 5.74) is 1.50. The number of hydrogen-bond acceptors (Lipinski definition) is 6. The smallest absolute Gasteiger partial charge is 0.338 e. The van der Waals surface area contributed by atoms with Gasteiger partial charge in [0.05, 0.1) is 24.6 Å². The average Bonchev–Trinajstić information content (AvgIpc) is 2.78. The summed E-state index contributed by atoms with van der Waals surface area (Å²) < 4.78 is 10.2. The van der Waals surface area contributed by atoms with Crippen molar-refractivity contribution in [2.45, 2.75) is 39.2 Å². The lowest BCUT2D eigenvalue weighted by molar-refractivity contribution is -0.148. The van der Waals surface area contributed by atoms with Crippen molar-refractivity contribution in [2.24, 2.45) is 0 Å². The number of carbonyl (C=O) groups is 4. The Kier molecular flexibility index (Phi) is 10.4. The molecule has 33 heavy (non-hydrogen) atoms. The van der Waals surface area contributed by atoms with Gasteiger partial charge in [-0.15, -0.1) is 0 Å². The van der Waals surface area contributed by atoms with Gasteiger partial charge in [-0.05, 0) is 48.4 Å². The minimum atomic E-state index is -0.649. The number of amides is 2. The molecule has 0 aliphatic rings. The van der Waals surface area contributed by atoms with E-state index in [-0.39, 0.29) is 12.3 Å². The van der Waals surface area contributed by atoms with Crippen LogP contribution in [0.2, 0.25) is 5.02 Å². The molecular formula is C24H27ClN2O6. The molecule has 0 saturated heterocycles. The van der Waals surface area contributed by atoms with E-state index in [1.165, 1.54) is 6.92 Å². The van der Waals surface area contributed by atoms with Crippen molar-refractivity contribution in [1.82, 2.24) is 5.32 Å². The Morgan fingerprint density at radius 3 is 2.24 bits per heavy atom. The van der Waals surface area contributed by atoms with Gasteiger partial charge in [0.2, 0.25) is 5.91 Å². The largest absolute Gasteiger partial charge is 0.462 e. The first kappa shape index (κ1) is 25.9. The third-order valence-electron chi connectivity index (χ3n) is 4.52. The van der Waals surface area contributed by atoms with E-state index in [1.807, 2.05) is 6.92 Å². The second-order valence-corrected chi connectivity index (χ2v) is 7.72. The first-order valence-electron chi connectivity index (χ1n) is 10.5. The third-order valence-corrected chi connectivity index (χ3v) is 4.77. The van der Waals surface area contributed by atoms with Gasteiger partial charge >= 0.3 is 11.9 Å². The summed E-state index contributed by atoms with van der Waals surface area (Å²) >= 11 is 5.88. The third kappa shape index (κ3) is 9.33. The molecule has 8 nitrogen and oxygen atoms in total. The Hall–Kier alpha value is -3.39. The Bertz CT molecular complexity index is 960. The van der Waals surface area contributed by atoms with Gasteiger partial charge in [-0.3, -0.25) is 14.4 Å². The zero-order chi connectivity index (χ0) is 24.2. The summed E-state index contributed by atoms with van der Waals surface area (Å²) in [5, 5.41) is 5.80. The molecular weight excluding hydrogens is 448 g/mol. The van der Waals surface area contributed by atoms with Crippen LogP contribution in [0.4, 0.5) is 5.69 Å². The van der Waals surface area contributed by atoms with Crippen molar-refractivity contribution in [3.05, 3.63) is 64.7 Å². The number of ether oxygens (including phenoxy) is 2. The average molecular weight is 475 g/mol. The molecule has 0 saturated carbocycles. The highest BCUT2D eigenvalue weighted by Gasteiger charge is 2.19. The molecule has 1 unspecified atom stereocenters. The van der Waals surface area contributed by atoms with Gasteiger partial charge in [-0.1, -0.05) is 37.1 Å². The Labute approximate surface area is 197 Å².